The van der Waals surface area contributed by atoms with Crippen LogP contribution in [0.1, 0.15) is 27.6 Å². The number of aromatic carboxylic acids is 1. The summed E-state index contributed by atoms with van der Waals surface area (Å²) < 4.78 is 74.7. The van der Waals surface area contributed by atoms with Crippen molar-refractivity contribution in [3.05, 3.63) is 126 Å². The van der Waals surface area contributed by atoms with Crippen molar-refractivity contribution < 1.29 is 46.5 Å². The minimum Gasteiger partial charge on any atom is -0.477 e. The fourth-order valence-corrected chi connectivity index (χ4v) is 5.96. The number of hydrogen-bond donors (Lipinski definition) is 1. The van der Waals surface area contributed by atoms with Crippen molar-refractivity contribution in [1.82, 2.24) is 9.13 Å². The number of carbonyl (C=O) groups is 2. The Balaban J connectivity index is 0.000000157. The van der Waals surface area contributed by atoms with Crippen molar-refractivity contribution in [2.75, 3.05) is 6.61 Å². The Kier molecular flexibility index (Phi) is 7.80. The third-order valence-corrected chi connectivity index (χ3v) is 8.26. The van der Waals surface area contributed by atoms with Crippen molar-refractivity contribution in [2.24, 2.45) is 0 Å². The molecule has 2 aliphatic rings. The standard InChI is InChI=1S/C18H10ClF2NO4.C16H6ClF2NO4/c1-2-25-18(24)10-7-22-12-5-8(19)3-4-13(12)26-17-14(21)11(20)6-9(15(17)22)16(10)23;17-6-1-2-11-10(3-6)20-5-8(16(22)23)14(21)7-4-9(18)12(19)15(24-11)13(7)20/h3-7H,2H2,1H3;1-5H,(H,22,23). The van der Waals surface area contributed by atoms with Gasteiger partial charge in [0.15, 0.2) is 34.6 Å². The molecule has 0 spiro atoms. The summed E-state index contributed by atoms with van der Waals surface area (Å²) >= 11 is 12.0. The fourth-order valence-electron chi connectivity index (χ4n) is 5.63. The van der Waals surface area contributed by atoms with E-state index in [2.05, 4.69) is 0 Å². The second-order valence-electron chi connectivity index (χ2n) is 10.7. The molecule has 2 aliphatic heterocycles. The number of hydrogen-bond acceptors (Lipinski definition) is 7. The van der Waals surface area contributed by atoms with Crippen LogP contribution >= 0.6 is 23.2 Å². The van der Waals surface area contributed by atoms with Crippen LogP contribution in [0.3, 0.4) is 0 Å². The van der Waals surface area contributed by atoms with Gasteiger partial charge in [-0.05, 0) is 55.5 Å². The van der Waals surface area contributed by atoms with Crippen LogP contribution in [0.4, 0.5) is 17.6 Å². The topological polar surface area (TPSA) is 126 Å². The zero-order valence-corrected chi connectivity index (χ0v) is 26.5. The van der Waals surface area contributed by atoms with Crippen LogP contribution in [-0.4, -0.2) is 32.8 Å². The van der Waals surface area contributed by atoms with E-state index >= 15 is 0 Å². The molecular weight excluding hydrogens is 711 g/mol. The molecule has 2 aromatic heterocycles. The van der Waals surface area contributed by atoms with Crippen molar-refractivity contribution in [1.29, 1.82) is 0 Å². The molecule has 0 radical (unpaired) electrons. The highest BCUT2D eigenvalue weighted by atomic mass is 35.5. The number of ether oxygens (including phenoxy) is 3. The van der Waals surface area contributed by atoms with Gasteiger partial charge >= 0.3 is 11.9 Å². The number of carbonyl (C=O) groups excluding carboxylic acids is 1. The lowest BCUT2D eigenvalue weighted by atomic mass is 10.1. The van der Waals surface area contributed by atoms with Crippen LogP contribution in [0.2, 0.25) is 10.0 Å². The lowest BCUT2D eigenvalue weighted by Crippen LogP contribution is -2.22. The van der Waals surface area contributed by atoms with Crippen LogP contribution in [0.5, 0.6) is 23.0 Å². The van der Waals surface area contributed by atoms with Crippen molar-refractivity contribution in [3.8, 4) is 34.4 Å². The maximum Gasteiger partial charge on any atom is 0.343 e. The van der Waals surface area contributed by atoms with E-state index in [-0.39, 0.29) is 45.5 Å². The second kappa shape index (κ2) is 11.9. The summed E-state index contributed by atoms with van der Waals surface area (Å²) in [6.07, 6.45) is 2.27. The molecule has 8 rings (SSSR count). The lowest BCUT2D eigenvalue weighted by molar-refractivity contribution is 0.0523. The molecule has 0 atom stereocenters. The van der Waals surface area contributed by atoms with E-state index in [1.165, 1.54) is 51.7 Å². The van der Waals surface area contributed by atoms with Gasteiger partial charge < -0.3 is 28.5 Å². The maximum atomic E-state index is 14.3. The van der Waals surface area contributed by atoms with Gasteiger partial charge in [0.1, 0.15) is 22.2 Å². The van der Waals surface area contributed by atoms with E-state index in [1.807, 2.05) is 0 Å². The summed E-state index contributed by atoms with van der Waals surface area (Å²) in [6.45, 7) is 1.65. The Bertz CT molecular complexity index is 2640. The third kappa shape index (κ3) is 5.02. The highest BCUT2D eigenvalue weighted by molar-refractivity contribution is 6.31. The highest BCUT2D eigenvalue weighted by Gasteiger charge is 2.30. The van der Waals surface area contributed by atoms with Crippen LogP contribution in [-0.2, 0) is 4.74 Å². The quantitative estimate of drug-likeness (QED) is 0.144. The first-order valence-electron chi connectivity index (χ1n) is 14.3. The molecule has 0 bridgehead atoms. The average molecular weight is 727 g/mol. The van der Waals surface area contributed by atoms with Crippen LogP contribution in [0.25, 0.3) is 33.2 Å². The third-order valence-electron chi connectivity index (χ3n) is 7.79. The van der Waals surface area contributed by atoms with E-state index in [0.717, 1.165) is 12.3 Å². The predicted molar refractivity (Wildman–Crippen MR) is 172 cm³/mol. The van der Waals surface area contributed by atoms with Crippen molar-refractivity contribution in [2.45, 2.75) is 6.92 Å². The molecule has 0 saturated carbocycles. The van der Waals surface area contributed by atoms with Crippen LogP contribution in [0, 0.1) is 23.3 Å². The number of esters is 1. The highest BCUT2D eigenvalue weighted by Crippen LogP contribution is 2.44. The molecule has 16 heteroatoms. The molecule has 4 heterocycles. The number of nitrogens with zero attached hydrogens (tertiary/aromatic N) is 2. The molecule has 50 heavy (non-hydrogen) atoms. The molecule has 0 amide bonds. The van der Waals surface area contributed by atoms with Gasteiger partial charge in [0.2, 0.25) is 22.5 Å². The first kappa shape index (κ1) is 32.7. The summed E-state index contributed by atoms with van der Waals surface area (Å²) in [4.78, 5) is 48.4. The van der Waals surface area contributed by atoms with Crippen LogP contribution < -0.4 is 20.3 Å². The monoisotopic (exact) mass is 726 g/mol. The predicted octanol–water partition coefficient (Wildman–Crippen LogP) is 7.93. The summed E-state index contributed by atoms with van der Waals surface area (Å²) in [5.74, 6) is -7.94. The second-order valence-corrected chi connectivity index (χ2v) is 11.6. The number of aromatic nitrogens is 2. The minimum absolute atomic E-state index is 0.0108. The number of carboxylic acid groups (broad SMARTS) is 1. The summed E-state index contributed by atoms with van der Waals surface area (Å²) in [5, 5.41) is 9.41. The molecule has 0 fully saturated rings. The van der Waals surface area contributed by atoms with E-state index < -0.39 is 63.1 Å². The fraction of sp³-hybridized carbons (Fsp3) is 0.0588. The maximum absolute atomic E-state index is 14.3. The van der Waals surface area contributed by atoms with Crippen molar-refractivity contribution in [3.63, 3.8) is 0 Å². The first-order chi connectivity index (χ1) is 23.8. The molecule has 1 N–H and O–H groups in total. The van der Waals surface area contributed by atoms with Crippen molar-refractivity contribution >= 4 is 56.9 Å². The molecule has 0 saturated heterocycles. The number of pyridine rings is 2. The summed E-state index contributed by atoms with van der Waals surface area (Å²) in [7, 11) is 0. The largest absolute Gasteiger partial charge is 0.477 e. The average Bonchev–Trinajstić information content (AvgIpc) is 3.08. The van der Waals surface area contributed by atoms with Gasteiger partial charge in [-0.25, -0.2) is 18.4 Å². The zero-order valence-electron chi connectivity index (χ0n) is 24.9. The number of benzene rings is 4. The Morgan fingerprint density at radius 1 is 0.740 bits per heavy atom. The SMILES string of the molecule is CCOC(=O)c1cn2c3c(c(F)c(F)cc3c1=O)Oc1ccc(Cl)cc1-2.O=C(O)c1cn2c3c(c(F)c(F)cc3c1=O)Oc1ccc(Cl)cc1-2. The normalized spacial score (nSPS) is 11.9. The molecule has 252 valence electrons. The number of fused-ring (bicyclic) bond motifs is 4. The van der Waals surface area contributed by atoms with Gasteiger partial charge in [0.25, 0.3) is 0 Å². The van der Waals surface area contributed by atoms with Gasteiger partial charge in [0, 0.05) is 22.4 Å². The molecular formula is C34H16Cl2F4N2O8. The van der Waals surface area contributed by atoms with Gasteiger partial charge in [-0.15, -0.1) is 0 Å². The van der Waals surface area contributed by atoms with E-state index in [1.54, 1.807) is 6.92 Å². The van der Waals surface area contributed by atoms with Gasteiger partial charge in [-0.1, -0.05) is 23.2 Å². The Labute approximate surface area is 285 Å². The molecule has 10 nitrogen and oxygen atoms in total. The zero-order chi connectivity index (χ0) is 35.8. The van der Waals surface area contributed by atoms with E-state index in [4.69, 9.17) is 37.4 Å². The molecule has 6 aromatic rings. The smallest absolute Gasteiger partial charge is 0.343 e. The van der Waals surface area contributed by atoms with E-state index in [9.17, 15) is 41.8 Å². The summed E-state index contributed by atoms with van der Waals surface area (Å²) in [6, 6.07) is 10.3. The Hall–Kier alpha value is -5.86. The summed E-state index contributed by atoms with van der Waals surface area (Å²) in [5.41, 5.74) is -1.93. The van der Waals surface area contributed by atoms with Gasteiger partial charge in [-0.3, -0.25) is 9.59 Å². The van der Waals surface area contributed by atoms with Crippen LogP contribution in [0.15, 0.2) is 70.5 Å². The molecule has 0 unspecified atom stereocenters. The Morgan fingerprint density at radius 3 is 1.62 bits per heavy atom. The van der Waals surface area contributed by atoms with E-state index in [0.29, 0.717) is 27.5 Å². The minimum atomic E-state index is -1.48. The first-order valence-corrected chi connectivity index (χ1v) is 15.1. The Morgan fingerprint density at radius 2 is 1.18 bits per heavy atom. The lowest BCUT2D eigenvalue weighted by Gasteiger charge is -2.24. The number of carboxylic acids is 1. The molecule has 4 aromatic carbocycles. The van der Waals surface area contributed by atoms with Gasteiger partial charge in [0.05, 0.1) is 28.8 Å². The van der Waals surface area contributed by atoms with Gasteiger partial charge in [-0.2, -0.15) is 8.78 Å². The molecule has 0 aliphatic carbocycles. The number of rotatable bonds is 3. The number of halogens is 6.